The van der Waals surface area contributed by atoms with Crippen LogP contribution in [0.1, 0.15) is 25.3 Å². The zero-order valence-electron chi connectivity index (χ0n) is 22.2. The molecule has 0 radical (unpaired) electrons. The lowest BCUT2D eigenvalue weighted by molar-refractivity contribution is -0.124. The topological polar surface area (TPSA) is 119 Å². The molecule has 0 saturated carbocycles. The standard InChI is InChI=1S/C28H25ClF2N6O4/c1-3-16-19(30)6-5-14-9-15(41-13-40-2)10-17(20(14)16)22-21(31)23-18(11-32-22)24(34-26(29)33-23)37-8-4-7-28(12-37)25(38)35-27(39)36-28/h5-6,9-11H,3-4,7-8,12-13H2,1-2H3,(H2,35,36,38,39). The Morgan fingerprint density at radius 3 is 2.76 bits per heavy atom. The quantitative estimate of drug-likeness (QED) is 0.194. The van der Waals surface area contributed by atoms with Crippen molar-refractivity contribution >= 4 is 51.0 Å². The van der Waals surface area contributed by atoms with Gasteiger partial charge in [0, 0.05) is 25.4 Å². The second-order valence-electron chi connectivity index (χ2n) is 10.0. The van der Waals surface area contributed by atoms with Crippen LogP contribution in [0.2, 0.25) is 5.28 Å². The largest absolute Gasteiger partial charge is 0.468 e. The van der Waals surface area contributed by atoms with Crippen molar-refractivity contribution in [3.8, 4) is 17.0 Å². The van der Waals surface area contributed by atoms with Gasteiger partial charge in [0.15, 0.2) is 12.6 Å². The lowest BCUT2D eigenvalue weighted by Crippen LogP contribution is -2.58. The van der Waals surface area contributed by atoms with Gasteiger partial charge in [0.1, 0.15) is 34.1 Å². The van der Waals surface area contributed by atoms with Crippen LogP contribution in [0.15, 0.2) is 30.5 Å². The fourth-order valence-electron chi connectivity index (χ4n) is 5.73. The Labute approximate surface area is 238 Å². The van der Waals surface area contributed by atoms with Crippen molar-refractivity contribution in [2.45, 2.75) is 31.7 Å². The molecule has 3 amide bonds. The first kappa shape index (κ1) is 27.0. The van der Waals surface area contributed by atoms with Crippen molar-refractivity contribution in [3.05, 3.63) is 52.9 Å². The van der Waals surface area contributed by atoms with E-state index in [1.54, 1.807) is 23.1 Å². The Balaban J connectivity index is 1.52. The monoisotopic (exact) mass is 582 g/mol. The van der Waals surface area contributed by atoms with Gasteiger partial charge in [0.05, 0.1) is 11.9 Å². The summed E-state index contributed by atoms with van der Waals surface area (Å²) < 4.78 is 42.0. The molecule has 41 heavy (non-hydrogen) atoms. The second-order valence-corrected chi connectivity index (χ2v) is 10.4. The summed E-state index contributed by atoms with van der Waals surface area (Å²) in [6, 6.07) is 5.74. The zero-order valence-corrected chi connectivity index (χ0v) is 22.9. The summed E-state index contributed by atoms with van der Waals surface area (Å²) in [5, 5.41) is 6.22. The molecule has 10 nitrogen and oxygen atoms in total. The number of anilines is 1. The van der Waals surface area contributed by atoms with Gasteiger partial charge in [0.2, 0.25) is 5.28 Å². The van der Waals surface area contributed by atoms with E-state index in [1.165, 1.54) is 19.4 Å². The molecule has 2 fully saturated rings. The number of rotatable bonds is 6. The summed E-state index contributed by atoms with van der Waals surface area (Å²) in [6.45, 7) is 2.37. The van der Waals surface area contributed by atoms with Gasteiger partial charge < -0.3 is 19.7 Å². The van der Waals surface area contributed by atoms with Crippen molar-refractivity contribution in [2.75, 3.05) is 31.9 Å². The van der Waals surface area contributed by atoms with Gasteiger partial charge in [-0.05, 0) is 65.4 Å². The molecule has 1 spiro atoms. The minimum Gasteiger partial charge on any atom is -0.468 e. The summed E-state index contributed by atoms with van der Waals surface area (Å²) in [5.41, 5.74) is -0.552. The van der Waals surface area contributed by atoms with E-state index in [0.717, 1.165) is 0 Å². The molecule has 4 heterocycles. The Morgan fingerprint density at radius 2 is 2.02 bits per heavy atom. The summed E-state index contributed by atoms with van der Waals surface area (Å²) in [7, 11) is 1.48. The number of pyridine rings is 1. The first-order valence-electron chi connectivity index (χ1n) is 13.0. The number of benzene rings is 2. The first-order chi connectivity index (χ1) is 19.7. The maximum atomic E-state index is 16.4. The highest BCUT2D eigenvalue weighted by atomic mass is 35.5. The lowest BCUT2D eigenvalue weighted by atomic mass is 9.89. The third kappa shape index (κ3) is 4.56. The minimum atomic E-state index is -1.13. The highest BCUT2D eigenvalue weighted by Crippen LogP contribution is 2.40. The number of nitrogens with zero attached hydrogens (tertiary/aromatic N) is 4. The molecule has 2 saturated heterocycles. The third-order valence-corrected chi connectivity index (χ3v) is 7.71. The van der Waals surface area contributed by atoms with E-state index in [1.807, 2.05) is 6.92 Å². The number of amides is 3. The molecule has 1 unspecified atom stereocenters. The second kappa shape index (κ2) is 10.3. The number of hydrogen-bond donors (Lipinski definition) is 2. The van der Waals surface area contributed by atoms with Crippen molar-refractivity contribution in [2.24, 2.45) is 0 Å². The summed E-state index contributed by atoms with van der Waals surface area (Å²) in [5.74, 6) is -0.940. The van der Waals surface area contributed by atoms with Crippen LogP contribution < -0.4 is 20.3 Å². The fourth-order valence-corrected chi connectivity index (χ4v) is 5.89. The first-order valence-corrected chi connectivity index (χ1v) is 13.4. The van der Waals surface area contributed by atoms with Crippen molar-refractivity contribution in [3.63, 3.8) is 0 Å². The molecular weight excluding hydrogens is 558 g/mol. The Hall–Kier alpha value is -4.16. The average Bonchev–Trinajstić information content (AvgIpc) is 3.22. The van der Waals surface area contributed by atoms with Crippen LogP contribution in [0.5, 0.6) is 5.75 Å². The Kier molecular flexibility index (Phi) is 6.82. The fraction of sp³-hybridized carbons (Fsp3) is 0.321. The van der Waals surface area contributed by atoms with Gasteiger partial charge >= 0.3 is 6.03 Å². The van der Waals surface area contributed by atoms with E-state index in [-0.39, 0.29) is 41.0 Å². The number of carbonyl (C=O) groups is 2. The molecule has 0 aliphatic carbocycles. The number of urea groups is 1. The smallest absolute Gasteiger partial charge is 0.322 e. The normalized spacial score (nSPS) is 18.8. The number of nitrogens with one attached hydrogen (secondary N) is 2. The zero-order chi connectivity index (χ0) is 28.9. The van der Waals surface area contributed by atoms with Crippen molar-refractivity contribution in [1.82, 2.24) is 25.6 Å². The van der Waals surface area contributed by atoms with E-state index in [2.05, 4.69) is 25.6 Å². The lowest BCUT2D eigenvalue weighted by Gasteiger charge is -2.38. The molecule has 13 heteroatoms. The number of carbonyl (C=O) groups excluding carboxylic acids is 2. The predicted octanol–water partition coefficient (Wildman–Crippen LogP) is 4.50. The number of fused-ring (bicyclic) bond motifs is 2. The number of aryl methyl sites for hydroxylation is 1. The van der Waals surface area contributed by atoms with E-state index in [9.17, 15) is 14.0 Å². The van der Waals surface area contributed by atoms with Crippen LogP contribution in [-0.4, -0.2) is 59.4 Å². The number of piperidine rings is 1. The molecule has 2 aliphatic rings. The Bertz CT molecular complexity index is 1740. The third-order valence-electron chi connectivity index (χ3n) is 7.54. The SMILES string of the molecule is CCc1c(F)ccc2cc(OCOC)cc(-c3ncc4c(N5CCCC6(C5)NC(=O)NC6=O)nc(Cl)nc4c3F)c12. The number of halogens is 3. The number of hydrogen-bond acceptors (Lipinski definition) is 8. The van der Waals surface area contributed by atoms with Gasteiger partial charge in [-0.2, -0.15) is 4.98 Å². The van der Waals surface area contributed by atoms with Crippen molar-refractivity contribution < 1.29 is 27.8 Å². The number of aromatic nitrogens is 3. The maximum Gasteiger partial charge on any atom is 0.322 e. The van der Waals surface area contributed by atoms with Crippen LogP contribution in [0.3, 0.4) is 0 Å². The van der Waals surface area contributed by atoms with E-state index in [0.29, 0.717) is 53.5 Å². The highest BCUT2D eigenvalue weighted by Gasteiger charge is 2.49. The number of imide groups is 1. The van der Waals surface area contributed by atoms with Crippen LogP contribution in [0.25, 0.3) is 32.9 Å². The van der Waals surface area contributed by atoms with Gasteiger partial charge in [-0.1, -0.05) is 13.0 Å². The molecule has 4 aromatic rings. The summed E-state index contributed by atoms with van der Waals surface area (Å²) in [6.07, 6.45) is 2.81. The number of methoxy groups -OCH3 is 1. The molecule has 2 aromatic carbocycles. The van der Waals surface area contributed by atoms with Gasteiger partial charge in [-0.25, -0.2) is 18.6 Å². The molecule has 2 aliphatic heterocycles. The number of ether oxygens (including phenoxy) is 2. The molecule has 6 rings (SSSR count). The van der Waals surface area contributed by atoms with Crippen LogP contribution in [-0.2, 0) is 16.0 Å². The molecular formula is C28H25ClF2N6O4. The highest BCUT2D eigenvalue weighted by molar-refractivity contribution is 6.29. The molecule has 0 bridgehead atoms. The van der Waals surface area contributed by atoms with Gasteiger partial charge in [-0.15, -0.1) is 0 Å². The molecule has 1 atom stereocenters. The van der Waals surface area contributed by atoms with Gasteiger partial charge in [0.25, 0.3) is 5.91 Å². The maximum absolute atomic E-state index is 16.4. The van der Waals surface area contributed by atoms with E-state index >= 15 is 4.39 Å². The Morgan fingerprint density at radius 1 is 1.20 bits per heavy atom. The van der Waals surface area contributed by atoms with Crippen LogP contribution in [0, 0.1) is 11.6 Å². The van der Waals surface area contributed by atoms with E-state index < -0.39 is 29.1 Å². The molecule has 2 N–H and O–H groups in total. The van der Waals surface area contributed by atoms with E-state index in [4.69, 9.17) is 21.1 Å². The summed E-state index contributed by atoms with van der Waals surface area (Å²) in [4.78, 5) is 39.3. The molecule has 212 valence electrons. The van der Waals surface area contributed by atoms with Crippen molar-refractivity contribution in [1.29, 1.82) is 0 Å². The predicted molar refractivity (Wildman–Crippen MR) is 148 cm³/mol. The molecule has 2 aromatic heterocycles. The minimum absolute atomic E-state index is 0.0393. The summed E-state index contributed by atoms with van der Waals surface area (Å²) >= 11 is 6.29. The van der Waals surface area contributed by atoms with Crippen LogP contribution in [0.4, 0.5) is 19.4 Å². The van der Waals surface area contributed by atoms with Gasteiger partial charge in [-0.3, -0.25) is 15.1 Å². The van der Waals surface area contributed by atoms with Crippen LogP contribution >= 0.6 is 11.6 Å². The average molecular weight is 583 g/mol.